The monoisotopic (exact) mass is 354 g/mol. The fourth-order valence-corrected chi connectivity index (χ4v) is 2.15. The number of ether oxygens (including phenoxy) is 2. The number of amides is 2. The Morgan fingerprint density at radius 2 is 1.77 bits per heavy atom. The number of hydrogen-bond donors (Lipinski definition) is 2. The van der Waals surface area contributed by atoms with Crippen LogP contribution in [0.2, 0.25) is 0 Å². The van der Waals surface area contributed by atoms with Crippen LogP contribution >= 0.6 is 0 Å². The Morgan fingerprint density at radius 1 is 1.04 bits per heavy atom. The lowest BCUT2D eigenvalue weighted by atomic mass is 10.2. The van der Waals surface area contributed by atoms with Crippen molar-refractivity contribution in [2.45, 2.75) is 13.3 Å². The largest absolute Gasteiger partial charge is 0.496 e. The van der Waals surface area contributed by atoms with Crippen LogP contribution in [-0.2, 0) is 16.0 Å². The molecule has 0 saturated heterocycles. The molecule has 26 heavy (non-hydrogen) atoms. The third-order valence-electron chi connectivity index (χ3n) is 3.58. The van der Waals surface area contributed by atoms with Crippen molar-refractivity contribution in [3.63, 3.8) is 0 Å². The van der Waals surface area contributed by atoms with Crippen LogP contribution in [0, 0.1) is 0 Å². The molecule has 0 radical (unpaired) electrons. The Labute approximate surface area is 152 Å². The van der Waals surface area contributed by atoms with Gasteiger partial charge in [-0.05, 0) is 36.3 Å². The van der Waals surface area contributed by atoms with Crippen LogP contribution in [0.3, 0.4) is 0 Å². The lowest BCUT2D eigenvalue weighted by molar-refractivity contribution is -0.128. The second kappa shape index (κ2) is 9.88. The van der Waals surface area contributed by atoms with Gasteiger partial charge < -0.3 is 9.47 Å². The normalized spacial score (nSPS) is 10.4. The molecule has 0 aliphatic rings. The molecule has 0 aliphatic carbocycles. The molecule has 2 N–H and O–H groups in total. The number of carbonyl (C=O) groups is 2. The van der Waals surface area contributed by atoms with Crippen molar-refractivity contribution in [1.29, 1.82) is 0 Å². The second-order valence-electron chi connectivity index (χ2n) is 5.40. The van der Waals surface area contributed by atoms with E-state index in [-0.39, 0.29) is 6.61 Å². The molecule has 0 bridgehead atoms. The molecule has 0 aromatic heterocycles. The minimum absolute atomic E-state index is 0.192. The van der Waals surface area contributed by atoms with Crippen molar-refractivity contribution in [3.05, 3.63) is 65.7 Å². The highest BCUT2D eigenvalue weighted by atomic mass is 16.5. The van der Waals surface area contributed by atoms with E-state index in [0.717, 1.165) is 12.0 Å². The number of carbonyl (C=O) groups excluding carboxylic acids is 2. The molecule has 0 fully saturated rings. The maximum Gasteiger partial charge on any atom is 0.276 e. The molecule has 2 aromatic carbocycles. The van der Waals surface area contributed by atoms with Gasteiger partial charge in [0, 0.05) is 11.6 Å². The minimum atomic E-state index is -0.462. The van der Waals surface area contributed by atoms with Crippen LogP contribution < -0.4 is 20.3 Å². The van der Waals surface area contributed by atoms with Gasteiger partial charge in [0.15, 0.2) is 6.61 Å². The first kappa shape index (κ1) is 19.1. The van der Waals surface area contributed by atoms with Crippen LogP contribution in [0.1, 0.15) is 18.1 Å². The first-order valence-electron chi connectivity index (χ1n) is 8.24. The van der Waals surface area contributed by atoms with Gasteiger partial charge in [-0.3, -0.25) is 20.4 Å². The van der Waals surface area contributed by atoms with Gasteiger partial charge in [0.2, 0.25) is 0 Å². The molecule has 2 aromatic rings. The standard InChI is InChI=1S/C20H22N2O4/c1-3-15-8-11-17(12-9-15)26-14-20(24)22-21-19(23)13-10-16-6-4-5-7-18(16)25-2/h4-13H,3,14H2,1-2H3,(H,21,23)(H,22,24)/b13-10+. The predicted molar refractivity (Wildman–Crippen MR) is 99.6 cm³/mol. The molecular weight excluding hydrogens is 332 g/mol. The average Bonchev–Trinajstić information content (AvgIpc) is 2.69. The Bertz CT molecular complexity index is 770. The molecule has 2 amide bonds. The topological polar surface area (TPSA) is 76.7 Å². The molecule has 6 heteroatoms. The Kier molecular flexibility index (Phi) is 7.24. The molecule has 0 unspecified atom stereocenters. The highest BCUT2D eigenvalue weighted by Gasteiger charge is 2.04. The maximum absolute atomic E-state index is 11.8. The molecular formula is C20H22N2O4. The van der Waals surface area contributed by atoms with Crippen molar-refractivity contribution in [2.75, 3.05) is 13.7 Å². The first-order chi connectivity index (χ1) is 12.6. The summed E-state index contributed by atoms with van der Waals surface area (Å²) in [5.74, 6) is 0.336. The highest BCUT2D eigenvalue weighted by Crippen LogP contribution is 2.18. The number of para-hydroxylation sites is 1. The summed E-state index contributed by atoms with van der Waals surface area (Å²) in [5.41, 5.74) is 6.54. The zero-order valence-corrected chi connectivity index (χ0v) is 14.8. The lowest BCUT2D eigenvalue weighted by Crippen LogP contribution is -2.43. The van der Waals surface area contributed by atoms with Gasteiger partial charge in [-0.25, -0.2) is 0 Å². The number of aryl methyl sites for hydroxylation is 1. The SMILES string of the molecule is CCc1ccc(OCC(=O)NNC(=O)/C=C/c2ccccc2OC)cc1. The van der Waals surface area contributed by atoms with Crippen LogP contribution in [0.15, 0.2) is 54.6 Å². The average molecular weight is 354 g/mol. The van der Waals surface area contributed by atoms with Gasteiger partial charge in [0.05, 0.1) is 7.11 Å². The van der Waals surface area contributed by atoms with E-state index in [9.17, 15) is 9.59 Å². The van der Waals surface area contributed by atoms with Crippen molar-refractivity contribution < 1.29 is 19.1 Å². The van der Waals surface area contributed by atoms with Crippen molar-refractivity contribution >= 4 is 17.9 Å². The first-order valence-corrected chi connectivity index (χ1v) is 8.24. The number of methoxy groups -OCH3 is 1. The van der Waals surface area contributed by atoms with Crippen molar-refractivity contribution in [1.82, 2.24) is 10.9 Å². The van der Waals surface area contributed by atoms with E-state index in [2.05, 4.69) is 17.8 Å². The Hall–Kier alpha value is -3.28. The zero-order valence-electron chi connectivity index (χ0n) is 14.8. The van der Waals surface area contributed by atoms with Gasteiger partial charge in [0.25, 0.3) is 11.8 Å². The summed E-state index contributed by atoms with van der Waals surface area (Å²) in [6, 6.07) is 14.8. The van der Waals surface area contributed by atoms with Crippen LogP contribution in [0.4, 0.5) is 0 Å². The summed E-state index contributed by atoms with van der Waals surface area (Å²) in [5, 5.41) is 0. The second-order valence-corrected chi connectivity index (χ2v) is 5.40. The molecule has 136 valence electrons. The number of rotatable bonds is 7. The minimum Gasteiger partial charge on any atom is -0.496 e. The maximum atomic E-state index is 11.8. The van der Waals surface area contributed by atoms with E-state index in [1.165, 1.54) is 11.6 Å². The summed E-state index contributed by atoms with van der Waals surface area (Å²) in [7, 11) is 1.56. The quantitative estimate of drug-likeness (QED) is 0.592. The van der Waals surface area contributed by atoms with E-state index in [1.54, 1.807) is 31.4 Å². The van der Waals surface area contributed by atoms with Crippen molar-refractivity contribution in [2.24, 2.45) is 0 Å². The van der Waals surface area contributed by atoms with Crippen LogP contribution in [0.5, 0.6) is 11.5 Å². The van der Waals surface area contributed by atoms with E-state index in [4.69, 9.17) is 9.47 Å². The van der Waals surface area contributed by atoms with Gasteiger partial charge in [0.1, 0.15) is 11.5 Å². The molecule has 0 aliphatic heterocycles. The molecule has 6 nitrogen and oxygen atoms in total. The summed E-state index contributed by atoms with van der Waals surface area (Å²) in [6.07, 6.45) is 3.85. The molecule has 2 rings (SSSR count). The van der Waals surface area contributed by atoms with E-state index >= 15 is 0 Å². The summed E-state index contributed by atoms with van der Waals surface area (Å²) < 4.78 is 10.6. The third-order valence-corrected chi connectivity index (χ3v) is 3.58. The third kappa shape index (κ3) is 5.98. The molecule has 0 spiro atoms. The molecule has 0 saturated carbocycles. The number of hydrogen-bond acceptors (Lipinski definition) is 4. The van der Waals surface area contributed by atoms with Crippen LogP contribution in [-0.4, -0.2) is 25.5 Å². The summed E-state index contributed by atoms with van der Waals surface area (Å²) in [4.78, 5) is 23.5. The fourth-order valence-electron chi connectivity index (χ4n) is 2.15. The predicted octanol–water partition coefficient (Wildman–Crippen LogP) is 2.50. The summed E-state index contributed by atoms with van der Waals surface area (Å²) in [6.45, 7) is 1.87. The lowest BCUT2D eigenvalue weighted by Gasteiger charge is -2.08. The Morgan fingerprint density at radius 3 is 2.46 bits per heavy atom. The van der Waals surface area contributed by atoms with E-state index < -0.39 is 11.8 Å². The van der Waals surface area contributed by atoms with Gasteiger partial charge in [-0.2, -0.15) is 0 Å². The number of nitrogens with one attached hydrogen (secondary N) is 2. The smallest absolute Gasteiger partial charge is 0.276 e. The Balaban J connectivity index is 1.75. The molecule has 0 atom stereocenters. The number of hydrazine groups is 1. The summed E-state index contributed by atoms with van der Waals surface area (Å²) >= 11 is 0. The fraction of sp³-hybridized carbons (Fsp3) is 0.200. The van der Waals surface area contributed by atoms with E-state index in [0.29, 0.717) is 11.5 Å². The van der Waals surface area contributed by atoms with Gasteiger partial charge >= 0.3 is 0 Å². The number of benzene rings is 2. The van der Waals surface area contributed by atoms with Gasteiger partial charge in [-0.1, -0.05) is 37.3 Å². The molecule has 0 heterocycles. The van der Waals surface area contributed by atoms with E-state index in [1.807, 2.05) is 30.3 Å². The van der Waals surface area contributed by atoms with Crippen molar-refractivity contribution in [3.8, 4) is 11.5 Å². The zero-order chi connectivity index (χ0) is 18.8. The highest BCUT2D eigenvalue weighted by molar-refractivity contribution is 5.93. The van der Waals surface area contributed by atoms with Gasteiger partial charge in [-0.15, -0.1) is 0 Å². The van der Waals surface area contributed by atoms with Crippen LogP contribution in [0.25, 0.3) is 6.08 Å².